The normalized spacial score (nSPS) is 18.7. The van der Waals surface area contributed by atoms with Gasteiger partial charge in [-0.2, -0.15) is 5.26 Å². The van der Waals surface area contributed by atoms with Crippen molar-refractivity contribution in [3.05, 3.63) is 33.9 Å². The Morgan fingerprint density at radius 2 is 2.40 bits per heavy atom. The molecule has 1 saturated heterocycles. The van der Waals surface area contributed by atoms with E-state index in [0.717, 1.165) is 32.6 Å². The van der Waals surface area contributed by atoms with Crippen LogP contribution in [0.25, 0.3) is 0 Å². The minimum absolute atomic E-state index is 0.0959. The van der Waals surface area contributed by atoms with Crippen molar-refractivity contribution in [2.24, 2.45) is 5.92 Å². The van der Waals surface area contributed by atoms with Gasteiger partial charge < -0.3 is 10.2 Å². The second kappa shape index (κ2) is 6.35. The van der Waals surface area contributed by atoms with Crippen LogP contribution in [0.2, 0.25) is 0 Å². The summed E-state index contributed by atoms with van der Waals surface area (Å²) in [5.74, 6) is 0.574. The largest absolute Gasteiger partial charge is 0.385 e. The van der Waals surface area contributed by atoms with E-state index in [1.807, 2.05) is 6.07 Å². The van der Waals surface area contributed by atoms with Crippen molar-refractivity contribution in [1.82, 2.24) is 4.90 Å². The highest BCUT2D eigenvalue weighted by molar-refractivity contribution is 5.59. The molecule has 6 heteroatoms. The molecule has 0 saturated carbocycles. The summed E-state index contributed by atoms with van der Waals surface area (Å²) in [4.78, 5) is 12.8. The average Bonchev–Trinajstić information content (AvgIpc) is 2.92. The first-order chi connectivity index (χ1) is 9.63. The molecule has 0 spiro atoms. The van der Waals surface area contributed by atoms with Crippen LogP contribution >= 0.6 is 0 Å². The molecule has 1 heterocycles. The van der Waals surface area contributed by atoms with Crippen LogP contribution in [0.5, 0.6) is 0 Å². The number of benzene rings is 1. The van der Waals surface area contributed by atoms with Gasteiger partial charge in [-0.05, 0) is 37.6 Å². The Bertz CT molecular complexity index is 538. The summed E-state index contributed by atoms with van der Waals surface area (Å²) in [5, 5.41) is 23.0. The van der Waals surface area contributed by atoms with Crippen LogP contribution in [-0.2, 0) is 0 Å². The van der Waals surface area contributed by atoms with Crippen molar-refractivity contribution >= 4 is 11.4 Å². The summed E-state index contributed by atoms with van der Waals surface area (Å²) >= 11 is 0. The van der Waals surface area contributed by atoms with Crippen molar-refractivity contribution in [3.63, 3.8) is 0 Å². The first-order valence-corrected chi connectivity index (χ1v) is 6.78. The molecule has 0 bridgehead atoms. The van der Waals surface area contributed by atoms with Crippen molar-refractivity contribution < 1.29 is 4.92 Å². The van der Waals surface area contributed by atoms with Gasteiger partial charge in [0.25, 0.3) is 5.69 Å². The fourth-order valence-corrected chi connectivity index (χ4v) is 2.52. The van der Waals surface area contributed by atoms with Crippen molar-refractivity contribution in [2.45, 2.75) is 13.3 Å². The molecule has 2 rings (SSSR count). The fraction of sp³-hybridized carbons (Fsp3) is 0.500. The predicted molar refractivity (Wildman–Crippen MR) is 76.5 cm³/mol. The summed E-state index contributed by atoms with van der Waals surface area (Å²) in [7, 11) is 0. The number of hydrogen-bond donors (Lipinski definition) is 1. The van der Waals surface area contributed by atoms with E-state index < -0.39 is 4.92 Å². The lowest BCUT2D eigenvalue weighted by Crippen LogP contribution is -2.22. The molecule has 1 atom stereocenters. The van der Waals surface area contributed by atoms with Gasteiger partial charge in [-0.25, -0.2) is 0 Å². The van der Waals surface area contributed by atoms with Gasteiger partial charge in [0.2, 0.25) is 0 Å². The maximum Gasteiger partial charge on any atom is 0.289 e. The van der Waals surface area contributed by atoms with Gasteiger partial charge in [0.15, 0.2) is 0 Å². The highest BCUT2D eigenvalue weighted by atomic mass is 16.6. The Hall–Kier alpha value is -2.13. The van der Waals surface area contributed by atoms with E-state index >= 15 is 0 Å². The summed E-state index contributed by atoms with van der Waals surface area (Å²) in [6.45, 7) is 6.22. The second-order valence-corrected chi connectivity index (χ2v) is 5.03. The highest BCUT2D eigenvalue weighted by Gasteiger charge is 2.21. The molecule has 6 nitrogen and oxygen atoms in total. The molecule has 1 aromatic carbocycles. The molecule has 1 N–H and O–H groups in total. The van der Waals surface area contributed by atoms with Crippen LogP contribution < -0.4 is 5.32 Å². The molecule has 1 unspecified atom stereocenters. The molecule has 1 aliphatic rings. The first kappa shape index (κ1) is 14.3. The molecule has 1 aliphatic heterocycles. The number of nitro groups is 1. The summed E-state index contributed by atoms with van der Waals surface area (Å²) in [6.07, 6.45) is 1.15. The van der Waals surface area contributed by atoms with E-state index in [2.05, 4.69) is 17.1 Å². The monoisotopic (exact) mass is 274 g/mol. The third kappa shape index (κ3) is 3.25. The SMILES string of the molecule is CCN1CCC(CNc2ccc(C#N)c([N+](=O)[O-])c2)C1. The van der Waals surface area contributed by atoms with E-state index in [-0.39, 0.29) is 11.3 Å². The van der Waals surface area contributed by atoms with Crippen molar-refractivity contribution in [3.8, 4) is 6.07 Å². The quantitative estimate of drug-likeness (QED) is 0.657. The van der Waals surface area contributed by atoms with Gasteiger partial charge in [0, 0.05) is 24.8 Å². The van der Waals surface area contributed by atoms with E-state index in [1.165, 1.54) is 12.1 Å². The van der Waals surface area contributed by atoms with Gasteiger partial charge in [-0.15, -0.1) is 0 Å². The number of nitrogens with zero attached hydrogens (tertiary/aromatic N) is 3. The Morgan fingerprint density at radius 1 is 1.60 bits per heavy atom. The van der Waals surface area contributed by atoms with E-state index in [4.69, 9.17) is 5.26 Å². The van der Waals surface area contributed by atoms with E-state index in [9.17, 15) is 10.1 Å². The Kier molecular flexibility index (Phi) is 4.53. The summed E-state index contributed by atoms with van der Waals surface area (Å²) < 4.78 is 0. The van der Waals surface area contributed by atoms with E-state index in [1.54, 1.807) is 6.07 Å². The number of likely N-dealkylation sites (tertiary alicyclic amines) is 1. The standard InChI is InChI=1S/C14H18N4O2/c1-2-17-6-5-11(10-17)9-16-13-4-3-12(8-15)14(7-13)18(19)20/h3-4,7,11,16H,2,5-6,9-10H2,1H3. The Balaban J connectivity index is 1.99. The first-order valence-electron chi connectivity index (χ1n) is 6.78. The predicted octanol–water partition coefficient (Wildman–Crippen LogP) is 2.22. The molecule has 0 aromatic heterocycles. The molecule has 0 radical (unpaired) electrons. The number of anilines is 1. The van der Waals surface area contributed by atoms with Crippen LogP contribution in [-0.4, -0.2) is 36.0 Å². The molecule has 0 aliphatic carbocycles. The highest BCUT2D eigenvalue weighted by Crippen LogP contribution is 2.23. The van der Waals surface area contributed by atoms with E-state index in [0.29, 0.717) is 11.6 Å². The van der Waals surface area contributed by atoms with Crippen LogP contribution in [0.15, 0.2) is 18.2 Å². The maximum atomic E-state index is 10.9. The number of nitro benzene ring substituents is 1. The van der Waals surface area contributed by atoms with Crippen LogP contribution in [0, 0.1) is 27.4 Å². The summed E-state index contributed by atoms with van der Waals surface area (Å²) in [5.41, 5.74) is 0.656. The summed E-state index contributed by atoms with van der Waals surface area (Å²) in [6, 6.07) is 6.49. The molecule has 20 heavy (non-hydrogen) atoms. The molecule has 1 fully saturated rings. The van der Waals surface area contributed by atoms with Crippen molar-refractivity contribution in [2.75, 3.05) is 31.5 Å². The van der Waals surface area contributed by atoms with Gasteiger partial charge in [0.05, 0.1) is 4.92 Å². The van der Waals surface area contributed by atoms with Gasteiger partial charge in [0.1, 0.15) is 11.6 Å². The molecule has 0 amide bonds. The zero-order chi connectivity index (χ0) is 14.5. The molecular weight excluding hydrogens is 256 g/mol. The molecule has 106 valence electrons. The maximum absolute atomic E-state index is 10.9. The van der Waals surface area contributed by atoms with Gasteiger partial charge >= 0.3 is 0 Å². The smallest absolute Gasteiger partial charge is 0.289 e. The lowest BCUT2D eigenvalue weighted by molar-refractivity contribution is -0.385. The second-order valence-electron chi connectivity index (χ2n) is 5.03. The lowest BCUT2D eigenvalue weighted by Gasteiger charge is -2.14. The molecular formula is C14H18N4O2. The fourth-order valence-electron chi connectivity index (χ4n) is 2.52. The minimum atomic E-state index is -0.516. The zero-order valence-corrected chi connectivity index (χ0v) is 11.5. The molecule has 1 aromatic rings. The van der Waals surface area contributed by atoms with Crippen LogP contribution in [0.4, 0.5) is 11.4 Å². The topological polar surface area (TPSA) is 82.2 Å². The number of nitrogens with one attached hydrogen (secondary N) is 1. The lowest BCUT2D eigenvalue weighted by atomic mass is 10.1. The van der Waals surface area contributed by atoms with Crippen LogP contribution in [0.1, 0.15) is 18.9 Å². The number of nitriles is 1. The van der Waals surface area contributed by atoms with Gasteiger partial charge in [-0.1, -0.05) is 6.92 Å². The van der Waals surface area contributed by atoms with Gasteiger partial charge in [-0.3, -0.25) is 10.1 Å². The Labute approximate surface area is 118 Å². The third-order valence-electron chi connectivity index (χ3n) is 3.73. The number of hydrogen-bond acceptors (Lipinski definition) is 5. The Morgan fingerprint density at radius 3 is 3.00 bits per heavy atom. The minimum Gasteiger partial charge on any atom is -0.385 e. The zero-order valence-electron chi connectivity index (χ0n) is 11.5. The third-order valence-corrected chi connectivity index (χ3v) is 3.73. The average molecular weight is 274 g/mol. The van der Waals surface area contributed by atoms with Crippen LogP contribution in [0.3, 0.4) is 0 Å². The van der Waals surface area contributed by atoms with Crippen molar-refractivity contribution in [1.29, 1.82) is 5.26 Å². The number of rotatable bonds is 5.